The van der Waals surface area contributed by atoms with Gasteiger partial charge in [0.15, 0.2) is 16.3 Å². The van der Waals surface area contributed by atoms with Crippen molar-refractivity contribution in [3.63, 3.8) is 0 Å². The van der Waals surface area contributed by atoms with Crippen molar-refractivity contribution in [1.82, 2.24) is 14.0 Å². The quantitative estimate of drug-likeness (QED) is 0.214. The van der Waals surface area contributed by atoms with Crippen molar-refractivity contribution in [2.24, 2.45) is 0 Å². The van der Waals surface area contributed by atoms with E-state index in [0.29, 0.717) is 36.7 Å². The van der Waals surface area contributed by atoms with E-state index in [9.17, 15) is 14.4 Å². The highest BCUT2D eigenvalue weighted by Gasteiger charge is 2.31. The molecule has 0 radical (unpaired) electrons. The number of pyridine rings is 3. The standard InChI is InChI=1S/C42H30N6O3/c49-40-19-7-16-37-31(40)22-28-10-1-4-13-34(28)46(37)43-25-44(47-35-14-5-2-11-29(35)23-32-38(47)17-8-20-41(32)50)27-45(26-43)48-36-15-6-3-12-30(36)24-33-39(48)18-9-21-42(33)51/h1-24H,25-27H2. The third-order valence-electron chi connectivity index (χ3n) is 10.0. The van der Waals surface area contributed by atoms with Crippen LogP contribution in [-0.4, -0.2) is 34.0 Å². The van der Waals surface area contributed by atoms with Crippen LogP contribution in [0.5, 0.6) is 0 Å². The highest BCUT2D eigenvalue weighted by molar-refractivity contribution is 5.89. The van der Waals surface area contributed by atoms with Gasteiger partial charge in [-0.1, -0.05) is 72.8 Å². The van der Waals surface area contributed by atoms with Gasteiger partial charge in [-0.25, -0.2) is 0 Å². The minimum atomic E-state index is -0.0486. The summed E-state index contributed by atoms with van der Waals surface area (Å²) in [6.07, 6.45) is 0. The van der Waals surface area contributed by atoms with E-state index >= 15 is 0 Å². The van der Waals surface area contributed by atoms with Crippen molar-refractivity contribution in [3.8, 4) is 33.8 Å². The number of para-hydroxylation sites is 3. The second-order valence-electron chi connectivity index (χ2n) is 13.1. The molecule has 3 aromatic carbocycles. The van der Waals surface area contributed by atoms with Gasteiger partial charge < -0.3 is 0 Å². The number of nitrogens with zero attached hydrogens (tertiary/aromatic N) is 6. The Bertz CT molecular complexity index is 2590. The maximum atomic E-state index is 13.4. The molecule has 9 heteroatoms. The minimum absolute atomic E-state index is 0.0486. The van der Waals surface area contributed by atoms with E-state index in [0.717, 1.165) is 49.8 Å². The van der Waals surface area contributed by atoms with Gasteiger partial charge in [0.1, 0.15) is 20.0 Å². The Kier molecular flexibility index (Phi) is 6.32. The Hall–Kier alpha value is -6.87. The molecular formula is C42H30N6O3. The summed E-state index contributed by atoms with van der Waals surface area (Å²) < 4.78 is 6.43. The zero-order valence-electron chi connectivity index (χ0n) is 27.4. The maximum Gasteiger partial charge on any atom is 0.188 e. The van der Waals surface area contributed by atoms with Crippen molar-refractivity contribution in [2.45, 2.75) is 0 Å². The van der Waals surface area contributed by atoms with Gasteiger partial charge in [0.2, 0.25) is 0 Å². The topological polar surface area (TPSA) is 75.7 Å². The van der Waals surface area contributed by atoms with E-state index in [2.05, 4.69) is 47.3 Å². The van der Waals surface area contributed by atoms with Gasteiger partial charge in [0.05, 0.1) is 33.6 Å². The normalized spacial score (nSPS) is 13.8. The van der Waals surface area contributed by atoms with Crippen molar-refractivity contribution in [2.75, 3.05) is 35.0 Å². The van der Waals surface area contributed by atoms with E-state index in [-0.39, 0.29) is 16.3 Å². The van der Waals surface area contributed by atoms with Crippen molar-refractivity contribution >= 4 is 32.7 Å². The Balaban J connectivity index is 1.28. The van der Waals surface area contributed by atoms with Crippen LogP contribution in [0.4, 0.5) is 0 Å². The molecule has 0 saturated carbocycles. The first-order valence-electron chi connectivity index (χ1n) is 16.9. The lowest BCUT2D eigenvalue weighted by Gasteiger charge is -2.49. The van der Waals surface area contributed by atoms with Crippen LogP contribution in [0.1, 0.15) is 0 Å². The number of fused-ring (bicyclic) bond motifs is 6. The first-order valence-corrected chi connectivity index (χ1v) is 16.9. The van der Waals surface area contributed by atoms with Gasteiger partial charge >= 0.3 is 0 Å². The van der Waals surface area contributed by atoms with E-state index in [1.807, 2.05) is 91.0 Å². The van der Waals surface area contributed by atoms with E-state index in [1.54, 1.807) is 36.4 Å². The molecule has 10 rings (SSSR count). The number of hydrogen-bond acceptors (Lipinski definition) is 6. The van der Waals surface area contributed by atoms with Crippen LogP contribution in [0.2, 0.25) is 0 Å². The summed E-state index contributed by atoms with van der Waals surface area (Å²) >= 11 is 0. The third kappa shape index (κ3) is 4.44. The summed E-state index contributed by atoms with van der Waals surface area (Å²) in [4.78, 5) is 40.1. The van der Waals surface area contributed by atoms with Gasteiger partial charge in [-0.15, -0.1) is 0 Å². The highest BCUT2D eigenvalue weighted by Crippen LogP contribution is 2.32. The van der Waals surface area contributed by atoms with Crippen LogP contribution in [0, 0.1) is 0 Å². The van der Waals surface area contributed by atoms with E-state index in [4.69, 9.17) is 0 Å². The lowest BCUT2D eigenvalue weighted by molar-refractivity contribution is 0.399. The molecule has 1 fully saturated rings. The molecule has 0 N–H and O–H groups in total. The molecule has 0 atom stereocenters. The Morgan fingerprint density at radius 2 is 0.627 bits per heavy atom. The predicted molar refractivity (Wildman–Crippen MR) is 204 cm³/mol. The highest BCUT2D eigenvalue weighted by atomic mass is 16.1. The molecule has 246 valence electrons. The average molecular weight is 667 g/mol. The molecule has 3 aliphatic carbocycles. The molecule has 0 bridgehead atoms. The molecule has 7 aliphatic rings. The summed E-state index contributed by atoms with van der Waals surface area (Å²) in [5.41, 5.74) is 6.92. The third-order valence-corrected chi connectivity index (χ3v) is 10.0. The molecule has 1 saturated heterocycles. The van der Waals surface area contributed by atoms with Crippen molar-refractivity contribution in [3.05, 3.63) is 176 Å². The molecule has 0 unspecified atom stereocenters. The van der Waals surface area contributed by atoms with Crippen LogP contribution in [0.15, 0.2) is 160 Å². The monoisotopic (exact) mass is 666 g/mol. The lowest BCUT2D eigenvalue weighted by atomic mass is 10.1. The smallest absolute Gasteiger partial charge is 0.188 e. The molecule has 0 aromatic heterocycles. The fourth-order valence-electron chi connectivity index (χ4n) is 7.84. The Morgan fingerprint density at radius 3 is 0.941 bits per heavy atom. The van der Waals surface area contributed by atoms with Crippen molar-refractivity contribution in [1.29, 1.82) is 0 Å². The molecule has 4 aliphatic heterocycles. The second-order valence-corrected chi connectivity index (χ2v) is 13.1. The fraction of sp³-hybridized carbons (Fsp3) is 0.0714. The van der Waals surface area contributed by atoms with Crippen LogP contribution >= 0.6 is 0 Å². The van der Waals surface area contributed by atoms with Gasteiger partial charge in [0.25, 0.3) is 0 Å². The summed E-state index contributed by atoms with van der Waals surface area (Å²) in [5.74, 6) is 0. The summed E-state index contributed by atoms with van der Waals surface area (Å²) in [6.45, 7) is 1.21. The van der Waals surface area contributed by atoms with Crippen LogP contribution in [0.25, 0.3) is 66.5 Å². The van der Waals surface area contributed by atoms with Crippen LogP contribution in [0.3, 0.4) is 0 Å². The fourth-order valence-corrected chi connectivity index (χ4v) is 7.84. The van der Waals surface area contributed by atoms with Gasteiger partial charge in [-0.05, 0) is 72.8 Å². The number of benzene rings is 6. The summed E-state index contributed by atoms with van der Waals surface area (Å²) in [6, 6.07) is 46.4. The first kappa shape index (κ1) is 29.1. The molecular weight excluding hydrogens is 637 g/mol. The number of aromatic nitrogens is 3. The number of rotatable bonds is 3. The molecule has 51 heavy (non-hydrogen) atoms. The molecule has 0 amide bonds. The van der Waals surface area contributed by atoms with Gasteiger partial charge in [-0.3, -0.25) is 43.4 Å². The summed E-state index contributed by atoms with van der Waals surface area (Å²) in [5, 5.41) is 9.48. The van der Waals surface area contributed by atoms with E-state index < -0.39 is 0 Å². The Morgan fingerprint density at radius 1 is 0.333 bits per heavy atom. The van der Waals surface area contributed by atoms with E-state index in [1.165, 1.54) is 0 Å². The Labute approximate surface area is 291 Å². The number of hydrogen-bond donors (Lipinski definition) is 0. The SMILES string of the molecule is O=c1cccc2n(N3CN(n4c5cccc(=O)c-5cc5ccccc54)CN(n4c5cccc(=O)c-5cc5ccccc54)C3)c3ccccc3cc1-2. The first-order chi connectivity index (χ1) is 25.0. The van der Waals surface area contributed by atoms with Crippen LogP contribution < -0.4 is 31.3 Å². The second kappa shape index (κ2) is 11.1. The average Bonchev–Trinajstić information content (AvgIpc) is 3.16. The zero-order chi connectivity index (χ0) is 34.2. The van der Waals surface area contributed by atoms with Crippen molar-refractivity contribution < 1.29 is 0 Å². The largest absolute Gasteiger partial charge is 0.289 e. The zero-order valence-corrected chi connectivity index (χ0v) is 27.4. The lowest BCUT2D eigenvalue weighted by Crippen LogP contribution is -2.65. The minimum Gasteiger partial charge on any atom is -0.289 e. The van der Waals surface area contributed by atoms with Gasteiger partial charge in [0, 0.05) is 32.8 Å². The maximum absolute atomic E-state index is 13.4. The van der Waals surface area contributed by atoms with Gasteiger partial charge in [-0.2, -0.15) is 0 Å². The van der Waals surface area contributed by atoms with Crippen LogP contribution in [-0.2, 0) is 0 Å². The molecule has 9 nitrogen and oxygen atoms in total. The summed E-state index contributed by atoms with van der Waals surface area (Å²) in [7, 11) is 0. The predicted octanol–water partition coefficient (Wildman–Crippen LogP) is 6.05. The molecule has 0 spiro atoms. The molecule has 3 aromatic rings. The molecule has 4 heterocycles.